The van der Waals surface area contributed by atoms with E-state index in [1.165, 1.54) is 19.1 Å². The second-order valence-electron chi connectivity index (χ2n) is 7.11. The Kier molecular flexibility index (Phi) is 6.39. The number of benzene rings is 1. The van der Waals surface area contributed by atoms with Gasteiger partial charge >= 0.3 is 0 Å². The van der Waals surface area contributed by atoms with Crippen molar-refractivity contribution in [1.29, 1.82) is 5.26 Å². The van der Waals surface area contributed by atoms with Gasteiger partial charge in [-0.1, -0.05) is 5.16 Å². The summed E-state index contributed by atoms with van der Waals surface area (Å²) in [5.74, 6) is -0.0624. The molecule has 0 spiro atoms. The minimum absolute atomic E-state index is 0.0734. The Labute approximate surface area is 157 Å². The van der Waals surface area contributed by atoms with Crippen LogP contribution in [0.1, 0.15) is 31.4 Å². The van der Waals surface area contributed by atoms with E-state index < -0.39 is 12.3 Å². The summed E-state index contributed by atoms with van der Waals surface area (Å²) in [6, 6.07) is 6.54. The van der Waals surface area contributed by atoms with Crippen LogP contribution >= 0.6 is 0 Å². The maximum atomic E-state index is 13.3. The Morgan fingerprint density at radius 2 is 2.15 bits per heavy atom. The van der Waals surface area contributed by atoms with E-state index in [4.69, 9.17) is 9.78 Å². The summed E-state index contributed by atoms with van der Waals surface area (Å²) in [5.41, 5.74) is 1.37. The molecule has 0 saturated carbocycles. The second-order valence-corrected chi connectivity index (χ2v) is 7.11. The molecule has 1 aliphatic heterocycles. The van der Waals surface area contributed by atoms with E-state index in [-0.39, 0.29) is 18.3 Å². The van der Waals surface area contributed by atoms with Crippen molar-refractivity contribution >= 4 is 11.0 Å². The van der Waals surface area contributed by atoms with Gasteiger partial charge in [-0.25, -0.2) is 4.39 Å². The quantitative estimate of drug-likeness (QED) is 0.560. The number of nitriles is 1. The van der Waals surface area contributed by atoms with Crippen LogP contribution in [0.4, 0.5) is 4.39 Å². The zero-order valence-corrected chi connectivity index (χ0v) is 15.4. The lowest BCUT2D eigenvalue weighted by atomic mass is 9.91. The maximum Gasteiger partial charge on any atom is 0.170 e. The Morgan fingerprint density at radius 1 is 1.41 bits per heavy atom. The normalized spacial score (nSPS) is 18.7. The van der Waals surface area contributed by atoms with Crippen LogP contribution in [-0.4, -0.2) is 70.2 Å². The Bertz CT molecular complexity index is 796. The van der Waals surface area contributed by atoms with Gasteiger partial charge in [0.15, 0.2) is 5.58 Å². The number of hydrogen-bond donors (Lipinski definition) is 2. The average Bonchev–Trinajstić information content (AvgIpc) is 3.07. The zero-order valence-electron chi connectivity index (χ0n) is 15.4. The summed E-state index contributed by atoms with van der Waals surface area (Å²) in [7, 11) is 0. The molecule has 1 aromatic heterocycles. The fraction of sp³-hybridized carbons (Fsp3) is 0.579. The van der Waals surface area contributed by atoms with Crippen LogP contribution in [0, 0.1) is 17.1 Å². The Morgan fingerprint density at radius 3 is 2.81 bits per heavy atom. The van der Waals surface area contributed by atoms with Crippen molar-refractivity contribution in [2.24, 2.45) is 0 Å². The van der Waals surface area contributed by atoms with Gasteiger partial charge in [-0.15, -0.1) is 0 Å². The molecule has 3 rings (SSSR count). The van der Waals surface area contributed by atoms with Crippen LogP contribution in [0.2, 0.25) is 0 Å². The van der Waals surface area contributed by atoms with Crippen molar-refractivity contribution in [2.45, 2.75) is 38.0 Å². The molecule has 27 heavy (non-hydrogen) atoms. The van der Waals surface area contributed by atoms with Crippen molar-refractivity contribution in [2.75, 3.05) is 32.7 Å². The van der Waals surface area contributed by atoms with E-state index in [9.17, 15) is 14.6 Å². The number of nitrogens with zero attached hydrogens (tertiary/aromatic N) is 4. The molecule has 0 amide bonds. The van der Waals surface area contributed by atoms with E-state index in [2.05, 4.69) is 10.1 Å². The third-order valence-corrected chi connectivity index (χ3v) is 5.22. The fourth-order valence-electron chi connectivity index (χ4n) is 3.63. The van der Waals surface area contributed by atoms with E-state index >= 15 is 0 Å². The largest absolute Gasteiger partial charge is 0.389 e. The molecule has 2 N–H and O–H groups in total. The summed E-state index contributed by atoms with van der Waals surface area (Å²) in [4.78, 5) is 3.86. The number of fused-ring (bicyclic) bond motifs is 1. The van der Waals surface area contributed by atoms with Crippen LogP contribution in [0.3, 0.4) is 0 Å². The SMILES string of the molecule is CC(O)C(O)N(CC#N)CCN1CCC(c2noc3cc(F)ccc23)CC1. The molecule has 8 heteroatoms. The van der Waals surface area contributed by atoms with E-state index in [1.54, 1.807) is 11.0 Å². The number of aromatic nitrogens is 1. The van der Waals surface area contributed by atoms with Crippen LogP contribution in [0.5, 0.6) is 0 Å². The standard InChI is InChI=1S/C19H25FN4O3/c1-13(25)19(26)24(9-6-21)11-10-23-7-4-14(5-8-23)18-16-3-2-15(20)12-17(16)27-22-18/h2-3,12-14,19,25-26H,4-5,7-11H2,1H3. The second kappa shape index (κ2) is 8.76. The average molecular weight is 376 g/mol. The number of piperidine rings is 1. The third kappa shape index (κ3) is 4.62. The Balaban J connectivity index is 1.54. The van der Waals surface area contributed by atoms with Gasteiger partial charge in [-0.3, -0.25) is 4.90 Å². The first-order chi connectivity index (χ1) is 13.0. The van der Waals surface area contributed by atoms with Crippen LogP contribution in [0.25, 0.3) is 11.0 Å². The van der Waals surface area contributed by atoms with Crippen molar-refractivity contribution < 1.29 is 19.1 Å². The van der Waals surface area contributed by atoms with Gasteiger partial charge in [0.25, 0.3) is 0 Å². The molecule has 0 bridgehead atoms. The lowest BCUT2D eigenvalue weighted by molar-refractivity contribution is -0.0726. The number of aliphatic hydroxyl groups excluding tert-OH is 2. The van der Waals surface area contributed by atoms with Crippen molar-refractivity contribution in [3.8, 4) is 6.07 Å². The van der Waals surface area contributed by atoms with Gasteiger partial charge in [0.1, 0.15) is 12.0 Å². The minimum Gasteiger partial charge on any atom is -0.389 e. The third-order valence-electron chi connectivity index (χ3n) is 5.22. The molecular formula is C19H25FN4O3. The molecule has 1 fully saturated rings. The van der Waals surface area contributed by atoms with Gasteiger partial charge in [0, 0.05) is 30.5 Å². The lowest BCUT2D eigenvalue weighted by Crippen LogP contribution is -2.47. The molecule has 2 heterocycles. The molecule has 2 unspecified atom stereocenters. The van der Waals surface area contributed by atoms with Gasteiger partial charge in [0.05, 0.1) is 24.4 Å². The first-order valence-electron chi connectivity index (χ1n) is 9.24. The van der Waals surface area contributed by atoms with Crippen LogP contribution in [-0.2, 0) is 0 Å². The molecule has 2 aromatic rings. The number of hydrogen-bond acceptors (Lipinski definition) is 7. The van der Waals surface area contributed by atoms with Gasteiger partial charge in [0.2, 0.25) is 0 Å². The molecular weight excluding hydrogens is 351 g/mol. The van der Waals surface area contributed by atoms with Crippen molar-refractivity contribution in [3.05, 3.63) is 29.7 Å². The highest BCUT2D eigenvalue weighted by Crippen LogP contribution is 2.32. The van der Waals surface area contributed by atoms with Crippen LogP contribution < -0.4 is 0 Å². The number of halogens is 1. The highest BCUT2D eigenvalue weighted by atomic mass is 19.1. The lowest BCUT2D eigenvalue weighted by Gasteiger charge is -2.34. The fourth-order valence-corrected chi connectivity index (χ4v) is 3.63. The van der Waals surface area contributed by atoms with Gasteiger partial charge in [-0.2, -0.15) is 5.26 Å². The van der Waals surface area contributed by atoms with Gasteiger partial charge in [-0.05, 0) is 45.0 Å². The molecule has 0 aliphatic carbocycles. The predicted octanol–water partition coefficient (Wildman–Crippen LogP) is 1.67. The molecule has 1 saturated heterocycles. The first-order valence-corrected chi connectivity index (χ1v) is 9.24. The monoisotopic (exact) mass is 376 g/mol. The predicted molar refractivity (Wildman–Crippen MR) is 97.3 cm³/mol. The first kappa shape index (κ1) is 19.7. The summed E-state index contributed by atoms with van der Waals surface area (Å²) in [6.45, 7) is 4.54. The van der Waals surface area contributed by atoms with Crippen LogP contribution in [0.15, 0.2) is 22.7 Å². The topological polar surface area (TPSA) is 96.8 Å². The summed E-state index contributed by atoms with van der Waals surface area (Å²) in [5, 5.41) is 33.5. The molecule has 1 aliphatic rings. The minimum atomic E-state index is -1.04. The number of likely N-dealkylation sites (tertiary alicyclic amines) is 1. The van der Waals surface area contributed by atoms with E-state index in [0.717, 1.165) is 37.0 Å². The molecule has 0 radical (unpaired) electrons. The highest BCUT2D eigenvalue weighted by molar-refractivity contribution is 5.79. The summed E-state index contributed by atoms with van der Waals surface area (Å²) >= 11 is 0. The van der Waals surface area contributed by atoms with E-state index in [1.807, 2.05) is 6.07 Å². The number of rotatable bonds is 7. The molecule has 146 valence electrons. The van der Waals surface area contributed by atoms with Crippen molar-refractivity contribution in [3.63, 3.8) is 0 Å². The smallest absolute Gasteiger partial charge is 0.170 e. The summed E-state index contributed by atoms with van der Waals surface area (Å²) < 4.78 is 18.6. The molecule has 7 nitrogen and oxygen atoms in total. The summed E-state index contributed by atoms with van der Waals surface area (Å²) in [6.07, 6.45) is -0.120. The highest BCUT2D eigenvalue weighted by Gasteiger charge is 2.26. The van der Waals surface area contributed by atoms with Gasteiger partial charge < -0.3 is 19.6 Å². The maximum absolute atomic E-state index is 13.3. The van der Waals surface area contributed by atoms with Crippen molar-refractivity contribution in [1.82, 2.24) is 15.0 Å². The number of aliphatic hydroxyl groups is 2. The molecule has 1 aromatic carbocycles. The zero-order chi connectivity index (χ0) is 19.4. The van der Waals surface area contributed by atoms with E-state index in [0.29, 0.717) is 18.7 Å². The Hall–Kier alpha value is -2.05. The molecule has 2 atom stereocenters.